The lowest BCUT2D eigenvalue weighted by molar-refractivity contribution is -0.133. The molecule has 12 heteroatoms. The fraction of sp³-hybridized carbons (Fsp3) is 0.510. The van der Waals surface area contributed by atoms with Gasteiger partial charge in [0.15, 0.2) is 0 Å². The molecule has 1 saturated heterocycles. The molecule has 1 aliphatic heterocycles. The molecular weight excluding hydrogens is 769 g/mol. The van der Waals surface area contributed by atoms with E-state index in [1.807, 2.05) is 36.4 Å². The number of unbranched alkanes of at least 4 members (excludes halogenated alkanes) is 6. The molecule has 3 aromatic rings. The summed E-state index contributed by atoms with van der Waals surface area (Å²) in [6.07, 6.45) is 10.3. The van der Waals surface area contributed by atoms with Crippen LogP contribution in [0.5, 0.6) is 0 Å². The molecule has 61 heavy (non-hydrogen) atoms. The van der Waals surface area contributed by atoms with Crippen LogP contribution in [0.25, 0.3) is 0 Å². The third-order valence-electron chi connectivity index (χ3n) is 12.3. The van der Waals surface area contributed by atoms with Gasteiger partial charge in [-0.1, -0.05) is 113 Å². The maximum Gasteiger partial charge on any atom is 0.253 e. The summed E-state index contributed by atoms with van der Waals surface area (Å²) >= 11 is 0. The van der Waals surface area contributed by atoms with E-state index < -0.39 is 23.8 Å². The molecule has 7 atom stereocenters. The lowest BCUT2D eigenvalue weighted by atomic mass is 9.94. The first kappa shape index (κ1) is 45.0. The predicted molar refractivity (Wildman–Crippen MR) is 236 cm³/mol. The molecule has 326 valence electrons. The van der Waals surface area contributed by atoms with Crippen LogP contribution in [-0.2, 0) is 19.2 Å². The van der Waals surface area contributed by atoms with Crippen molar-refractivity contribution in [2.45, 2.75) is 121 Å². The minimum atomic E-state index is -0.867. The first-order valence-electron chi connectivity index (χ1n) is 22.6. The van der Waals surface area contributed by atoms with Crippen molar-refractivity contribution in [3.8, 4) is 0 Å². The van der Waals surface area contributed by atoms with Crippen molar-refractivity contribution >= 4 is 35.4 Å². The highest BCUT2D eigenvalue weighted by Crippen LogP contribution is 2.42. The quantitative estimate of drug-likeness (QED) is 0.0737. The van der Waals surface area contributed by atoms with Crippen LogP contribution in [0.3, 0.4) is 0 Å². The van der Waals surface area contributed by atoms with Gasteiger partial charge in [-0.05, 0) is 67.5 Å². The van der Waals surface area contributed by atoms with Crippen LogP contribution in [0, 0.1) is 11.8 Å². The summed E-state index contributed by atoms with van der Waals surface area (Å²) in [6.45, 7) is 5.16. The number of likely N-dealkylation sites (tertiary alicyclic amines) is 1. The monoisotopic (exact) mass is 832 g/mol. The number of carbonyl (C=O) groups is 6. The molecule has 2 aliphatic carbocycles. The van der Waals surface area contributed by atoms with Crippen LogP contribution in [0.15, 0.2) is 84.9 Å². The molecule has 3 fully saturated rings. The molecule has 5 N–H and O–H groups in total. The maximum atomic E-state index is 14.0. The highest BCUT2D eigenvalue weighted by atomic mass is 16.2. The van der Waals surface area contributed by atoms with E-state index in [4.69, 9.17) is 0 Å². The van der Waals surface area contributed by atoms with E-state index in [0.717, 1.165) is 75.3 Å². The van der Waals surface area contributed by atoms with Crippen molar-refractivity contribution in [3.05, 3.63) is 107 Å². The van der Waals surface area contributed by atoms with Gasteiger partial charge in [0.1, 0.15) is 6.04 Å². The van der Waals surface area contributed by atoms with E-state index >= 15 is 0 Å². The van der Waals surface area contributed by atoms with Gasteiger partial charge in [0, 0.05) is 67.6 Å². The predicted octanol–water partition coefficient (Wildman–Crippen LogP) is 5.99. The number of carbonyl (C=O) groups excluding carboxylic acids is 6. The van der Waals surface area contributed by atoms with Crippen LogP contribution in [0.2, 0.25) is 0 Å². The molecule has 12 nitrogen and oxygen atoms in total. The smallest absolute Gasteiger partial charge is 0.253 e. The lowest BCUT2D eigenvalue weighted by Crippen LogP contribution is -2.48. The molecule has 0 spiro atoms. The number of rotatable bonds is 23. The molecule has 0 unspecified atom stereocenters. The molecule has 2 saturated carbocycles. The maximum absolute atomic E-state index is 14.0. The van der Waals surface area contributed by atoms with E-state index in [1.165, 1.54) is 0 Å². The zero-order chi connectivity index (χ0) is 43.1. The highest BCUT2D eigenvalue weighted by molar-refractivity contribution is 6.00. The average molecular weight is 833 g/mol. The second-order valence-corrected chi connectivity index (χ2v) is 17.1. The van der Waals surface area contributed by atoms with E-state index in [2.05, 4.69) is 64.7 Å². The van der Waals surface area contributed by atoms with E-state index in [1.54, 1.807) is 29.2 Å². The zero-order valence-corrected chi connectivity index (χ0v) is 35.8. The van der Waals surface area contributed by atoms with Gasteiger partial charge in [-0.2, -0.15) is 0 Å². The van der Waals surface area contributed by atoms with Gasteiger partial charge in [-0.25, -0.2) is 0 Å². The number of benzene rings is 3. The number of nitrogens with zero attached hydrogens (tertiary/aromatic N) is 1. The van der Waals surface area contributed by atoms with Crippen LogP contribution >= 0.6 is 0 Å². The summed E-state index contributed by atoms with van der Waals surface area (Å²) in [7, 11) is 0. The molecule has 0 aromatic heterocycles. The molecule has 0 radical (unpaired) electrons. The third kappa shape index (κ3) is 13.0. The summed E-state index contributed by atoms with van der Waals surface area (Å²) in [4.78, 5) is 82.4. The van der Waals surface area contributed by atoms with Gasteiger partial charge in [0.25, 0.3) is 11.8 Å². The minimum Gasteiger partial charge on any atom is -0.356 e. The number of hydrogen-bond acceptors (Lipinski definition) is 6. The Hall–Kier alpha value is -5.52. The van der Waals surface area contributed by atoms with Crippen molar-refractivity contribution in [1.82, 2.24) is 31.5 Å². The molecular formula is C49H64N6O6. The Kier molecular flexibility index (Phi) is 16.5. The van der Waals surface area contributed by atoms with Gasteiger partial charge in [-0.15, -0.1) is 0 Å². The second-order valence-electron chi connectivity index (χ2n) is 17.1. The van der Waals surface area contributed by atoms with Crippen molar-refractivity contribution in [1.29, 1.82) is 0 Å². The fourth-order valence-electron chi connectivity index (χ4n) is 8.43. The minimum absolute atomic E-state index is 0.0245. The number of nitrogens with one attached hydrogen (secondary N) is 5. The molecule has 6 rings (SSSR count). The highest BCUT2D eigenvalue weighted by Gasteiger charge is 2.49. The SMILES string of the molecule is CCCCCCNC(=O)[C@H](CCNC(=O)CCCCCC)NC(=O)c1ccc(C(=O)N2C[C@@H](C(=O)N[C@H]3C[C@@H]3c3ccccc3)[C@H](C(=O)N[C@H]3C[C@@H]3c3ccccc3)C2)cc1. The molecule has 6 amide bonds. The van der Waals surface area contributed by atoms with Crippen LogP contribution in [0.4, 0.5) is 0 Å². The Morgan fingerprint density at radius 1 is 0.607 bits per heavy atom. The second kappa shape index (κ2) is 22.4. The lowest BCUT2D eigenvalue weighted by Gasteiger charge is -2.19. The Bertz CT molecular complexity index is 1870. The van der Waals surface area contributed by atoms with Crippen molar-refractivity contribution < 1.29 is 28.8 Å². The van der Waals surface area contributed by atoms with Gasteiger partial charge < -0.3 is 31.5 Å². The summed E-state index contributed by atoms with van der Waals surface area (Å²) in [5.74, 6) is -2.66. The topological polar surface area (TPSA) is 166 Å². The summed E-state index contributed by atoms with van der Waals surface area (Å²) in [5.41, 5.74) is 2.91. The first-order valence-corrected chi connectivity index (χ1v) is 22.6. The number of hydrogen-bond donors (Lipinski definition) is 5. The standard InChI is InChI=1S/C49H64N6O6/c1-3-5-7-15-21-44(56)50-28-26-41(48(60)51-27-16-8-6-4-2)52-45(57)35-22-24-36(25-23-35)49(61)55-31-39(46(58)53-42-29-37(42)33-17-11-9-12-18-33)40(32-55)47(59)54-43-30-38(43)34-19-13-10-14-20-34/h9-14,17-20,22-25,37-43H,3-8,15-16,21,26-32H2,1-2H3,(H,50,56)(H,51,60)(H,52,57)(H,53,58)(H,54,59)/t37-,38-,39-,40-,41+,42+,43+/m1/s1. The van der Waals surface area contributed by atoms with Gasteiger partial charge in [-0.3, -0.25) is 28.8 Å². The van der Waals surface area contributed by atoms with Crippen LogP contribution in [-0.4, -0.2) is 84.6 Å². The van der Waals surface area contributed by atoms with E-state index in [-0.39, 0.29) is 85.1 Å². The fourth-order valence-corrected chi connectivity index (χ4v) is 8.43. The van der Waals surface area contributed by atoms with Crippen molar-refractivity contribution in [2.24, 2.45) is 11.8 Å². The Balaban J connectivity index is 1.07. The van der Waals surface area contributed by atoms with Crippen LogP contribution in [0.1, 0.15) is 135 Å². The third-order valence-corrected chi connectivity index (χ3v) is 12.3. The Labute approximate surface area is 360 Å². The van der Waals surface area contributed by atoms with Gasteiger partial charge >= 0.3 is 0 Å². The molecule has 1 heterocycles. The zero-order valence-electron chi connectivity index (χ0n) is 35.8. The largest absolute Gasteiger partial charge is 0.356 e. The summed E-state index contributed by atoms with van der Waals surface area (Å²) < 4.78 is 0. The van der Waals surface area contributed by atoms with Crippen LogP contribution < -0.4 is 26.6 Å². The van der Waals surface area contributed by atoms with E-state index in [9.17, 15) is 28.8 Å². The molecule has 0 bridgehead atoms. The van der Waals surface area contributed by atoms with Gasteiger partial charge in [0.2, 0.25) is 23.6 Å². The molecule has 3 aliphatic rings. The van der Waals surface area contributed by atoms with Crippen molar-refractivity contribution in [3.63, 3.8) is 0 Å². The summed E-state index contributed by atoms with van der Waals surface area (Å²) in [5, 5.41) is 15.0. The summed E-state index contributed by atoms with van der Waals surface area (Å²) in [6, 6.07) is 25.4. The normalized spacial score (nSPS) is 21.8. The molecule has 3 aromatic carbocycles. The number of amides is 6. The van der Waals surface area contributed by atoms with E-state index in [0.29, 0.717) is 18.5 Å². The average Bonchev–Trinajstić information content (AvgIpc) is 4.19. The van der Waals surface area contributed by atoms with Gasteiger partial charge in [0.05, 0.1) is 11.8 Å². The Morgan fingerprint density at radius 2 is 1.13 bits per heavy atom. The first-order chi connectivity index (χ1) is 29.7. The Morgan fingerprint density at radius 3 is 1.67 bits per heavy atom. The van der Waals surface area contributed by atoms with Crippen molar-refractivity contribution in [2.75, 3.05) is 26.2 Å².